The van der Waals surface area contributed by atoms with E-state index in [1.54, 1.807) is 0 Å². The first-order valence-corrected chi connectivity index (χ1v) is 12.7. The predicted octanol–water partition coefficient (Wildman–Crippen LogP) is 1.55. The second-order valence-electron chi connectivity index (χ2n) is 8.85. The monoisotopic (exact) mass is 584 g/mol. The van der Waals surface area contributed by atoms with Gasteiger partial charge < -0.3 is 29.6 Å². The van der Waals surface area contributed by atoms with Crippen molar-refractivity contribution in [1.29, 1.82) is 0 Å². The number of hydrogen-bond acceptors (Lipinski definition) is 11. The Morgan fingerprint density at radius 1 is 0.721 bits per heavy atom. The Hall–Kier alpha value is -6.18. The van der Waals surface area contributed by atoms with Crippen molar-refractivity contribution in [3.63, 3.8) is 0 Å². The number of H-pyrrole nitrogens is 1. The first kappa shape index (κ1) is 28.4. The van der Waals surface area contributed by atoms with E-state index in [2.05, 4.69) is 19.9 Å². The Morgan fingerprint density at radius 2 is 1.23 bits per heavy atom. The number of ether oxygens (including phenoxy) is 1. The maximum Gasteiger partial charge on any atom is 0.288 e. The van der Waals surface area contributed by atoms with Crippen LogP contribution >= 0.6 is 0 Å². The highest BCUT2D eigenvalue weighted by molar-refractivity contribution is 5.86. The smallest absolute Gasteiger partial charge is 0.288 e. The minimum absolute atomic E-state index is 0.0281. The van der Waals surface area contributed by atoms with Crippen LogP contribution in [-0.4, -0.2) is 46.7 Å². The van der Waals surface area contributed by atoms with Gasteiger partial charge in [0.05, 0.1) is 13.4 Å². The molecule has 14 heteroatoms. The van der Waals surface area contributed by atoms with Crippen LogP contribution in [0.3, 0.4) is 0 Å². The van der Waals surface area contributed by atoms with Gasteiger partial charge >= 0.3 is 0 Å². The van der Waals surface area contributed by atoms with E-state index in [-0.39, 0.29) is 46.9 Å². The van der Waals surface area contributed by atoms with E-state index in [9.17, 15) is 24.6 Å². The lowest BCUT2D eigenvalue weighted by Crippen LogP contribution is -2.28. The number of aromatic amines is 1. The fourth-order valence-corrected chi connectivity index (χ4v) is 4.05. The van der Waals surface area contributed by atoms with Crippen LogP contribution in [0.2, 0.25) is 0 Å². The maximum atomic E-state index is 12.1. The molecule has 0 saturated carbocycles. The summed E-state index contributed by atoms with van der Waals surface area (Å²) in [7, 11) is 1.42. The first-order chi connectivity index (χ1) is 20.9. The number of nitrogens with zero attached hydrogens (tertiary/aromatic N) is 5. The van der Waals surface area contributed by atoms with Gasteiger partial charge in [-0.3, -0.25) is 14.4 Å². The summed E-state index contributed by atoms with van der Waals surface area (Å²) in [6.45, 7) is 0.321. The van der Waals surface area contributed by atoms with Crippen molar-refractivity contribution < 1.29 is 24.6 Å². The summed E-state index contributed by atoms with van der Waals surface area (Å²) >= 11 is 0. The second-order valence-corrected chi connectivity index (χ2v) is 8.85. The highest BCUT2D eigenvalue weighted by atomic mass is 16.7. The lowest BCUT2D eigenvalue weighted by molar-refractivity contribution is 0.0975. The van der Waals surface area contributed by atoms with Gasteiger partial charge in [-0.1, -0.05) is 60.7 Å². The normalized spacial score (nSPS) is 10.6. The minimum atomic E-state index is -0.603. The number of pyridine rings is 2. The molecule has 0 unspecified atom stereocenters. The molecule has 0 aliphatic carbocycles. The SMILES string of the molecule is COc1ncnc2c1c(O)cc(=O)n2OCc1ccccc1.O=c1[nH]cnc2c1c(O)cc(=O)n2OCc1ccccc1. The van der Waals surface area contributed by atoms with Crippen molar-refractivity contribution in [2.75, 3.05) is 7.11 Å². The first-order valence-electron chi connectivity index (χ1n) is 12.7. The van der Waals surface area contributed by atoms with Crippen LogP contribution in [0.15, 0.2) is 99.8 Å². The highest BCUT2D eigenvalue weighted by Crippen LogP contribution is 2.28. The average Bonchev–Trinajstić information content (AvgIpc) is 3.01. The Balaban J connectivity index is 0.000000171. The molecular weight excluding hydrogens is 560 g/mol. The van der Waals surface area contributed by atoms with Gasteiger partial charge in [0.15, 0.2) is 11.3 Å². The van der Waals surface area contributed by atoms with Crippen LogP contribution < -0.4 is 31.1 Å². The summed E-state index contributed by atoms with van der Waals surface area (Å²) in [6.07, 6.45) is 2.38. The van der Waals surface area contributed by atoms with Gasteiger partial charge in [-0.25, -0.2) is 15.0 Å². The van der Waals surface area contributed by atoms with E-state index in [1.165, 1.54) is 13.4 Å². The van der Waals surface area contributed by atoms with Crippen molar-refractivity contribution in [2.45, 2.75) is 13.2 Å². The van der Waals surface area contributed by atoms with Crippen LogP contribution in [0.5, 0.6) is 17.4 Å². The molecule has 218 valence electrons. The summed E-state index contributed by atoms with van der Waals surface area (Å²) in [5, 5.41) is 19.8. The van der Waals surface area contributed by atoms with Gasteiger partial charge in [0.25, 0.3) is 16.7 Å². The van der Waals surface area contributed by atoms with Gasteiger partial charge in [-0.05, 0) is 11.1 Å². The molecule has 0 spiro atoms. The summed E-state index contributed by atoms with van der Waals surface area (Å²) < 4.78 is 7.00. The third-order valence-electron chi connectivity index (χ3n) is 6.04. The summed E-state index contributed by atoms with van der Waals surface area (Å²) in [5.41, 5.74) is 0.199. The molecule has 14 nitrogen and oxygen atoms in total. The van der Waals surface area contributed by atoms with Crippen LogP contribution in [0, 0.1) is 0 Å². The van der Waals surface area contributed by atoms with Crippen molar-refractivity contribution in [3.8, 4) is 17.4 Å². The van der Waals surface area contributed by atoms with Gasteiger partial charge in [-0.2, -0.15) is 0 Å². The highest BCUT2D eigenvalue weighted by Gasteiger charge is 2.16. The zero-order chi connectivity index (χ0) is 30.3. The van der Waals surface area contributed by atoms with Gasteiger partial charge in [0, 0.05) is 12.1 Å². The molecule has 0 fully saturated rings. The van der Waals surface area contributed by atoms with Crippen molar-refractivity contribution in [1.82, 2.24) is 29.4 Å². The molecule has 0 amide bonds. The second kappa shape index (κ2) is 12.6. The Bertz CT molecular complexity index is 2060. The molecule has 43 heavy (non-hydrogen) atoms. The van der Waals surface area contributed by atoms with Crippen molar-refractivity contribution >= 4 is 22.1 Å². The Labute approximate surface area is 241 Å². The minimum Gasteiger partial charge on any atom is -0.507 e. The van der Waals surface area contributed by atoms with Crippen molar-refractivity contribution in [3.05, 3.63) is 128 Å². The number of aromatic nitrogens is 6. The molecule has 0 aliphatic heterocycles. The van der Waals surface area contributed by atoms with E-state index in [0.29, 0.717) is 0 Å². The zero-order valence-corrected chi connectivity index (χ0v) is 22.6. The standard InChI is InChI=1S/C15H13N3O4.C14H11N3O4/c1-21-15-13-11(19)7-12(20)18(14(13)16-9-17-15)22-8-10-5-3-2-4-6-10;18-10-6-11(19)17(13-12(10)14(20)16-8-15-13)21-7-9-4-2-1-3-5-9/h2-7,9,19H,8H2,1H3;1-6,8,18H,7H2,(H,15,16,20). The molecule has 0 aliphatic rings. The van der Waals surface area contributed by atoms with E-state index in [1.807, 2.05) is 60.7 Å². The fourth-order valence-electron chi connectivity index (χ4n) is 4.05. The number of aromatic hydroxyl groups is 2. The van der Waals surface area contributed by atoms with E-state index in [0.717, 1.165) is 39.0 Å². The van der Waals surface area contributed by atoms with E-state index < -0.39 is 22.4 Å². The molecule has 4 heterocycles. The number of benzene rings is 2. The largest absolute Gasteiger partial charge is 0.507 e. The molecule has 0 saturated heterocycles. The molecule has 0 bridgehead atoms. The van der Waals surface area contributed by atoms with Crippen LogP contribution in [0.25, 0.3) is 22.1 Å². The quantitative estimate of drug-likeness (QED) is 0.247. The third-order valence-corrected chi connectivity index (χ3v) is 6.04. The topological polar surface area (TPSA) is 184 Å². The Kier molecular flexibility index (Phi) is 8.28. The van der Waals surface area contributed by atoms with Crippen LogP contribution in [0.1, 0.15) is 11.1 Å². The van der Waals surface area contributed by atoms with Gasteiger partial charge in [0.1, 0.15) is 41.8 Å². The number of fused-ring (bicyclic) bond motifs is 2. The lowest BCUT2D eigenvalue weighted by Gasteiger charge is -2.12. The van der Waals surface area contributed by atoms with Crippen molar-refractivity contribution in [2.24, 2.45) is 0 Å². The average molecular weight is 585 g/mol. The molecule has 6 rings (SSSR count). The maximum absolute atomic E-state index is 12.1. The number of methoxy groups -OCH3 is 1. The zero-order valence-electron chi connectivity index (χ0n) is 22.6. The van der Waals surface area contributed by atoms with Crippen LogP contribution in [-0.2, 0) is 13.2 Å². The number of hydrogen-bond donors (Lipinski definition) is 3. The summed E-state index contributed by atoms with van der Waals surface area (Å²) in [6, 6.07) is 20.6. The predicted molar refractivity (Wildman–Crippen MR) is 154 cm³/mol. The molecule has 4 aromatic heterocycles. The van der Waals surface area contributed by atoms with Crippen LogP contribution in [0.4, 0.5) is 0 Å². The molecule has 0 radical (unpaired) electrons. The summed E-state index contributed by atoms with van der Waals surface area (Å²) in [4.78, 5) is 60.8. The molecule has 3 N–H and O–H groups in total. The molecular formula is C29H24N6O8. The third kappa shape index (κ3) is 6.12. The molecule has 0 atom stereocenters. The molecule has 6 aromatic rings. The van der Waals surface area contributed by atoms with E-state index in [4.69, 9.17) is 14.4 Å². The Morgan fingerprint density at radius 3 is 1.77 bits per heavy atom. The van der Waals surface area contributed by atoms with Gasteiger partial charge in [-0.15, -0.1) is 9.46 Å². The lowest BCUT2D eigenvalue weighted by atomic mass is 10.2. The molecule has 2 aromatic carbocycles. The van der Waals surface area contributed by atoms with Gasteiger partial charge in [0.2, 0.25) is 5.88 Å². The summed E-state index contributed by atoms with van der Waals surface area (Å²) in [5.74, 6) is -0.513. The van der Waals surface area contributed by atoms with E-state index >= 15 is 0 Å². The number of rotatable bonds is 7. The number of nitrogens with one attached hydrogen (secondary N) is 1. The fraction of sp³-hybridized carbons (Fsp3) is 0.103.